The largest absolute Gasteiger partial charge is 0.348 e. The lowest BCUT2D eigenvalue weighted by Gasteiger charge is -2.12. The molecule has 5 nitrogen and oxygen atoms in total. The van der Waals surface area contributed by atoms with E-state index in [1.165, 1.54) is 0 Å². The van der Waals surface area contributed by atoms with E-state index in [9.17, 15) is 4.79 Å². The van der Waals surface area contributed by atoms with Crippen LogP contribution < -0.4 is 5.56 Å². The molecule has 0 unspecified atom stereocenters. The van der Waals surface area contributed by atoms with Crippen molar-refractivity contribution in [2.45, 2.75) is 0 Å². The molecule has 0 bridgehead atoms. The van der Waals surface area contributed by atoms with Crippen molar-refractivity contribution in [1.82, 2.24) is 18.9 Å². The zero-order valence-corrected chi connectivity index (χ0v) is 13.5. The lowest BCUT2D eigenvalue weighted by atomic mass is 10.2. The molecular formula is C20H14N4O. The van der Waals surface area contributed by atoms with Crippen molar-refractivity contribution >= 4 is 27.5 Å². The fourth-order valence-electron chi connectivity index (χ4n) is 3.30. The van der Waals surface area contributed by atoms with Gasteiger partial charge in [0.1, 0.15) is 0 Å². The Morgan fingerprint density at radius 2 is 1.48 bits per heavy atom. The minimum atomic E-state index is -0.102. The van der Waals surface area contributed by atoms with Gasteiger partial charge in [-0.3, -0.25) is 4.79 Å². The maximum atomic E-state index is 13.2. The predicted molar refractivity (Wildman–Crippen MR) is 98.7 cm³/mol. The highest BCUT2D eigenvalue weighted by Gasteiger charge is 2.16. The van der Waals surface area contributed by atoms with Gasteiger partial charge in [0.15, 0.2) is 11.5 Å². The molecule has 0 aliphatic heterocycles. The summed E-state index contributed by atoms with van der Waals surface area (Å²) in [5.41, 5.74) is 2.91. The number of aromatic nitrogens is 4. The molecule has 25 heavy (non-hydrogen) atoms. The van der Waals surface area contributed by atoms with Crippen LogP contribution in [0.25, 0.3) is 39.0 Å². The number of aryl methyl sites for hydroxylation is 1. The van der Waals surface area contributed by atoms with E-state index in [0.717, 1.165) is 16.6 Å². The number of para-hydroxylation sites is 2. The lowest BCUT2D eigenvalue weighted by molar-refractivity contribution is 0.909. The zero-order chi connectivity index (χ0) is 17.0. The second-order valence-corrected chi connectivity index (χ2v) is 6.05. The molecule has 5 rings (SSSR count). The standard InChI is InChI=1S/C20H14N4O/c1-23-12-6-11-17(23)19-22-15-9-4-2-7-13(15)18-21-16-10-5-3-8-14(16)20(25)24(18)19/h2-12H,1H3. The highest BCUT2D eigenvalue weighted by Crippen LogP contribution is 2.24. The van der Waals surface area contributed by atoms with Crippen molar-refractivity contribution in [1.29, 1.82) is 0 Å². The van der Waals surface area contributed by atoms with Crippen LogP contribution in [0.5, 0.6) is 0 Å². The quantitative estimate of drug-likeness (QED) is 0.350. The summed E-state index contributed by atoms with van der Waals surface area (Å²) < 4.78 is 3.58. The smallest absolute Gasteiger partial charge is 0.267 e. The Morgan fingerprint density at radius 1 is 0.800 bits per heavy atom. The summed E-state index contributed by atoms with van der Waals surface area (Å²) in [6.07, 6.45) is 1.94. The molecule has 120 valence electrons. The van der Waals surface area contributed by atoms with Gasteiger partial charge in [-0.1, -0.05) is 24.3 Å². The Bertz CT molecular complexity index is 1330. The molecule has 3 heterocycles. The van der Waals surface area contributed by atoms with Gasteiger partial charge in [-0.2, -0.15) is 0 Å². The zero-order valence-electron chi connectivity index (χ0n) is 13.5. The normalized spacial score (nSPS) is 11.6. The summed E-state index contributed by atoms with van der Waals surface area (Å²) in [5, 5.41) is 1.45. The van der Waals surface area contributed by atoms with Gasteiger partial charge in [0.2, 0.25) is 0 Å². The molecule has 2 aromatic carbocycles. The van der Waals surface area contributed by atoms with E-state index >= 15 is 0 Å². The van der Waals surface area contributed by atoms with E-state index in [1.807, 2.05) is 72.4 Å². The van der Waals surface area contributed by atoms with Crippen molar-refractivity contribution in [2.75, 3.05) is 0 Å². The highest BCUT2D eigenvalue weighted by molar-refractivity contribution is 5.95. The van der Waals surface area contributed by atoms with E-state index in [4.69, 9.17) is 9.97 Å². The summed E-state index contributed by atoms with van der Waals surface area (Å²) in [4.78, 5) is 22.8. The number of hydrogen-bond acceptors (Lipinski definition) is 3. The first kappa shape index (κ1) is 13.9. The molecule has 0 spiro atoms. The average Bonchev–Trinajstić information content (AvgIpc) is 3.07. The molecule has 0 saturated carbocycles. The van der Waals surface area contributed by atoms with E-state index in [2.05, 4.69) is 0 Å². The minimum absolute atomic E-state index is 0.102. The van der Waals surface area contributed by atoms with E-state index in [0.29, 0.717) is 22.4 Å². The topological polar surface area (TPSA) is 52.2 Å². The molecule has 3 aromatic heterocycles. The minimum Gasteiger partial charge on any atom is -0.348 e. The van der Waals surface area contributed by atoms with Crippen LogP contribution >= 0.6 is 0 Å². The molecule has 5 aromatic rings. The monoisotopic (exact) mass is 326 g/mol. The Hall–Kier alpha value is -3.47. The van der Waals surface area contributed by atoms with Gasteiger partial charge in [0.05, 0.1) is 22.1 Å². The summed E-state index contributed by atoms with van der Waals surface area (Å²) in [5.74, 6) is 0.601. The van der Waals surface area contributed by atoms with Gasteiger partial charge in [-0.05, 0) is 36.4 Å². The van der Waals surface area contributed by atoms with Gasteiger partial charge >= 0.3 is 0 Å². The van der Waals surface area contributed by atoms with Crippen molar-refractivity contribution in [3.8, 4) is 11.5 Å². The third-order valence-electron chi connectivity index (χ3n) is 4.53. The van der Waals surface area contributed by atoms with Gasteiger partial charge in [-0.25, -0.2) is 14.4 Å². The molecular weight excluding hydrogens is 312 g/mol. The first-order chi connectivity index (χ1) is 12.2. The molecule has 0 aliphatic carbocycles. The third kappa shape index (κ3) is 1.92. The van der Waals surface area contributed by atoms with Crippen molar-refractivity contribution < 1.29 is 0 Å². The second-order valence-electron chi connectivity index (χ2n) is 6.05. The fraction of sp³-hybridized carbons (Fsp3) is 0.0500. The Labute approximate surface area is 142 Å². The number of benzene rings is 2. The second kappa shape index (κ2) is 5.01. The molecule has 0 saturated heterocycles. The first-order valence-corrected chi connectivity index (χ1v) is 8.06. The predicted octanol–water partition coefficient (Wildman–Crippen LogP) is 3.40. The van der Waals surface area contributed by atoms with Crippen molar-refractivity contribution in [3.63, 3.8) is 0 Å². The number of fused-ring (bicyclic) bond motifs is 4. The number of rotatable bonds is 1. The van der Waals surface area contributed by atoms with Crippen LogP contribution in [0.15, 0.2) is 71.7 Å². The Kier molecular flexibility index (Phi) is 2.79. The Balaban J connectivity index is 2.11. The molecule has 0 radical (unpaired) electrons. The molecule has 0 atom stereocenters. The van der Waals surface area contributed by atoms with Crippen molar-refractivity contribution in [2.24, 2.45) is 7.05 Å². The summed E-state index contributed by atoms with van der Waals surface area (Å²) in [6, 6.07) is 19.1. The molecule has 0 fully saturated rings. The van der Waals surface area contributed by atoms with Gasteiger partial charge in [0, 0.05) is 18.6 Å². The number of hydrogen-bond donors (Lipinski definition) is 0. The van der Waals surface area contributed by atoms with Crippen LogP contribution in [0.1, 0.15) is 0 Å². The summed E-state index contributed by atoms with van der Waals surface area (Å²) in [6.45, 7) is 0. The van der Waals surface area contributed by atoms with Crippen LogP contribution in [-0.4, -0.2) is 18.9 Å². The third-order valence-corrected chi connectivity index (χ3v) is 4.53. The SMILES string of the molecule is Cn1cccc1-c1nc2ccccc2c2nc3ccccc3c(=O)n12. The van der Waals surface area contributed by atoms with E-state index < -0.39 is 0 Å². The molecule has 0 amide bonds. The van der Waals surface area contributed by atoms with Crippen LogP contribution in [0.4, 0.5) is 0 Å². The van der Waals surface area contributed by atoms with Crippen molar-refractivity contribution in [3.05, 3.63) is 77.2 Å². The fourth-order valence-corrected chi connectivity index (χ4v) is 3.30. The lowest BCUT2D eigenvalue weighted by Crippen LogP contribution is -2.19. The molecule has 0 N–H and O–H groups in total. The van der Waals surface area contributed by atoms with Crippen LogP contribution in [0.2, 0.25) is 0 Å². The summed E-state index contributed by atoms with van der Waals surface area (Å²) in [7, 11) is 1.94. The van der Waals surface area contributed by atoms with E-state index in [-0.39, 0.29) is 5.56 Å². The van der Waals surface area contributed by atoms with Crippen LogP contribution in [0.3, 0.4) is 0 Å². The Morgan fingerprint density at radius 3 is 2.20 bits per heavy atom. The average molecular weight is 326 g/mol. The number of nitrogens with zero attached hydrogens (tertiary/aromatic N) is 4. The molecule has 0 aliphatic rings. The van der Waals surface area contributed by atoms with Gasteiger partial charge < -0.3 is 4.57 Å². The molecule has 5 heteroatoms. The van der Waals surface area contributed by atoms with Crippen LogP contribution in [0, 0.1) is 0 Å². The van der Waals surface area contributed by atoms with Crippen LogP contribution in [-0.2, 0) is 7.05 Å². The highest BCUT2D eigenvalue weighted by atomic mass is 16.1. The first-order valence-electron chi connectivity index (χ1n) is 8.06. The van der Waals surface area contributed by atoms with E-state index in [1.54, 1.807) is 10.5 Å². The maximum absolute atomic E-state index is 13.2. The summed E-state index contributed by atoms with van der Waals surface area (Å²) >= 11 is 0. The van der Waals surface area contributed by atoms with Gasteiger partial charge in [-0.15, -0.1) is 0 Å². The van der Waals surface area contributed by atoms with Gasteiger partial charge in [0.25, 0.3) is 5.56 Å². The maximum Gasteiger partial charge on any atom is 0.267 e.